The molecule has 0 aliphatic carbocycles. The lowest BCUT2D eigenvalue weighted by atomic mass is 10.1. The third-order valence-corrected chi connectivity index (χ3v) is 3.39. The van der Waals surface area contributed by atoms with Crippen molar-refractivity contribution in [3.05, 3.63) is 47.1 Å². The summed E-state index contributed by atoms with van der Waals surface area (Å²) in [5.74, 6) is 1.08. The fraction of sp³-hybridized carbons (Fsp3) is 0.357. The van der Waals surface area contributed by atoms with E-state index in [1.165, 1.54) is 10.5 Å². The highest BCUT2D eigenvalue weighted by molar-refractivity contribution is 8.03. The van der Waals surface area contributed by atoms with E-state index in [4.69, 9.17) is 0 Å². The highest BCUT2D eigenvalue weighted by atomic mass is 32.2. The monoisotopic (exact) mass is 233 g/mol. The molecule has 0 saturated heterocycles. The number of allylic oxidation sites excluding steroid dienone is 3. The molecule has 1 aromatic heterocycles. The van der Waals surface area contributed by atoms with Crippen LogP contribution in [0.3, 0.4) is 0 Å². The van der Waals surface area contributed by atoms with Gasteiger partial charge < -0.3 is 0 Å². The van der Waals surface area contributed by atoms with E-state index in [1.54, 1.807) is 0 Å². The van der Waals surface area contributed by atoms with Crippen LogP contribution in [0.5, 0.6) is 0 Å². The predicted octanol–water partition coefficient (Wildman–Crippen LogP) is 4.31. The van der Waals surface area contributed by atoms with Crippen molar-refractivity contribution in [2.24, 2.45) is 0 Å². The molecule has 0 atom stereocenters. The van der Waals surface area contributed by atoms with E-state index < -0.39 is 0 Å². The summed E-state index contributed by atoms with van der Waals surface area (Å²) >= 11 is 1.84. The highest BCUT2D eigenvalue weighted by Crippen LogP contribution is 2.26. The average Bonchev–Trinajstić information content (AvgIpc) is 2.31. The van der Waals surface area contributed by atoms with Crippen LogP contribution in [0.4, 0.5) is 0 Å². The summed E-state index contributed by atoms with van der Waals surface area (Å²) in [6.07, 6.45) is 4.82. The highest BCUT2D eigenvalue weighted by Gasteiger charge is 2.04. The van der Waals surface area contributed by atoms with Crippen LogP contribution in [0.25, 0.3) is 5.57 Å². The number of thioether (sulfide) groups is 1. The minimum Gasteiger partial charge on any atom is -0.256 e. The summed E-state index contributed by atoms with van der Waals surface area (Å²) in [5.41, 5.74) is 3.51. The Morgan fingerprint density at radius 1 is 1.50 bits per heavy atom. The Kier molecular flexibility index (Phi) is 5.33. The van der Waals surface area contributed by atoms with Crippen LogP contribution in [0, 0.1) is 0 Å². The van der Waals surface area contributed by atoms with Crippen LogP contribution >= 0.6 is 11.8 Å². The molecule has 0 aliphatic rings. The topological polar surface area (TPSA) is 12.9 Å². The molecule has 0 unspecified atom stereocenters. The lowest BCUT2D eigenvalue weighted by molar-refractivity contribution is 1.11. The van der Waals surface area contributed by atoms with Crippen LogP contribution in [0.2, 0.25) is 0 Å². The van der Waals surface area contributed by atoms with Crippen molar-refractivity contribution in [2.45, 2.75) is 27.2 Å². The van der Waals surface area contributed by atoms with Crippen LogP contribution in [-0.4, -0.2) is 10.7 Å². The van der Waals surface area contributed by atoms with Crippen molar-refractivity contribution in [3.63, 3.8) is 0 Å². The zero-order valence-electron chi connectivity index (χ0n) is 10.3. The number of hydrogen-bond donors (Lipinski definition) is 0. The normalized spacial score (nSPS) is 12.2. The van der Waals surface area contributed by atoms with E-state index in [1.807, 2.05) is 24.0 Å². The predicted molar refractivity (Wildman–Crippen MR) is 74.5 cm³/mol. The Bertz CT molecular complexity index is 393. The molecule has 0 bridgehead atoms. The fourth-order valence-electron chi connectivity index (χ4n) is 1.56. The Balaban J connectivity index is 3.12. The van der Waals surface area contributed by atoms with Gasteiger partial charge in [0.2, 0.25) is 0 Å². The first kappa shape index (κ1) is 13.0. The smallest absolute Gasteiger partial charge is 0.0712 e. The first-order chi connectivity index (χ1) is 7.72. The van der Waals surface area contributed by atoms with Crippen molar-refractivity contribution in [3.8, 4) is 0 Å². The van der Waals surface area contributed by atoms with E-state index in [9.17, 15) is 0 Å². The van der Waals surface area contributed by atoms with E-state index in [-0.39, 0.29) is 0 Å². The van der Waals surface area contributed by atoms with Crippen LogP contribution in [-0.2, 0) is 6.42 Å². The van der Waals surface area contributed by atoms with Gasteiger partial charge in [0.1, 0.15) is 0 Å². The summed E-state index contributed by atoms with van der Waals surface area (Å²) in [6.45, 7) is 10.3. The van der Waals surface area contributed by atoms with E-state index in [0.29, 0.717) is 0 Å². The minimum absolute atomic E-state index is 1.04. The Morgan fingerprint density at radius 2 is 2.25 bits per heavy atom. The summed E-state index contributed by atoms with van der Waals surface area (Å²) < 4.78 is 0. The molecule has 0 aromatic carbocycles. The number of hydrogen-bond acceptors (Lipinski definition) is 2. The molecular weight excluding hydrogens is 214 g/mol. The van der Waals surface area contributed by atoms with E-state index in [0.717, 1.165) is 23.4 Å². The Morgan fingerprint density at radius 3 is 2.81 bits per heavy atom. The summed E-state index contributed by atoms with van der Waals surface area (Å²) in [4.78, 5) is 5.71. The molecule has 0 fully saturated rings. The van der Waals surface area contributed by atoms with Gasteiger partial charge >= 0.3 is 0 Å². The van der Waals surface area contributed by atoms with Gasteiger partial charge in [-0.2, -0.15) is 0 Å². The molecule has 0 radical (unpaired) electrons. The molecular formula is C14H19NS. The molecule has 0 N–H and O–H groups in total. The molecule has 86 valence electrons. The third kappa shape index (κ3) is 3.24. The molecule has 1 aromatic rings. The van der Waals surface area contributed by atoms with Crippen LogP contribution in [0.15, 0.2) is 35.9 Å². The van der Waals surface area contributed by atoms with Crippen molar-refractivity contribution < 1.29 is 0 Å². The Hall–Kier alpha value is -1.02. The van der Waals surface area contributed by atoms with E-state index >= 15 is 0 Å². The molecule has 1 nitrogen and oxygen atoms in total. The zero-order valence-corrected chi connectivity index (χ0v) is 11.1. The van der Waals surface area contributed by atoms with Gasteiger partial charge in [-0.25, -0.2) is 0 Å². The average molecular weight is 233 g/mol. The first-order valence-corrected chi connectivity index (χ1v) is 6.62. The van der Waals surface area contributed by atoms with Gasteiger partial charge in [0.25, 0.3) is 0 Å². The standard InChI is InChI=1S/C14H19NS/c1-5-12-8-9-15-14(10-12)13(6-2)11(4)16-7-3/h6,8-10H,2,5,7H2,1,3-4H3/b13-11-. The summed E-state index contributed by atoms with van der Waals surface area (Å²) in [7, 11) is 0. The summed E-state index contributed by atoms with van der Waals surface area (Å²) in [5, 5.41) is 0. The molecule has 1 heterocycles. The van der Waals surface area contributed by atoms with Gasteiger partial charge in [-0.3, -0.25) is 4.98 Å². The number of aromatic nitrogens is 1. The maximum atomic E-state index is 4.42. The maximum Gasteiger partial charge on any atom is 0.0712 e. The lowest BCUT2D eigenvalue weighted by Gasteiger charge is -2.08. The van der Waals surface area contributed by atoms with Gasteiger partial charge in [-0.1, -0.05) is 26.5 Å². The molecule has 0 aliphatic heterocycles. The zero-order chi connectivity index (χ0) is 12.0. The van der Waals surface area contributed by atoms with E-state index in [2.05, 4.69) is 44.5 Å². The fourth-order valence-corrected chi connectivity index (χ4v) is 2.34. The quantitative estimate of drug-likeness (QED) is 0.703. The number of aryl methyl sites for hydroxylation is 1. The lowest BCUT2D eigenvalue weighted by Crippen LogP contribution is -1.91. The van der Waals surface area contributed by atoms with Crippen LogP contribution < -0.4 is 0 Å². The second-order valence-electron chi connectivity index (χ2n) is 3.51. The SMILES string of the molecule is C=C/C(=C(\C)SCC)c1cc(CC)ccn1. The third-order valence-electron chi connectivity index (χ3n) is 2.45. The second kappa shape index (κ2) is 6.54. The maximum absolute atomic E-state index is 4.42. The van der Waals surface area contributed by atoms with Gasteiger partial charge in [-0.15, -0.1) is 11.8 Å². The molecule has 2 heteroatoms. The van der Waals surface area contributed by atoms with Gasteiger partial charge in [-0.05, 0) is 41.7 Å². The number of nitrogens with zero attached hydrogens (tertiary/aromatic N) is 1. The van der Waals surface area contributed by atoms with Crippen molar-refractivity contribution in [1.82, 2.24) is 4.98 Å². The van der Waals surface area contributed by atoms with Gasteiger partial charge in [0, 0.05) is 11.8 Å². The van der Waals surface area contributed by atoms with Gasteiger partial charge in [0.15, 0.2) is 0 Å². The largest absolute Gasteiger partial charge is 0.256 e. The molecule has 16 heavy (non-hydrogen) atoms. The first-order valence-electron chi connectivity index (χ1n) is 5.64. The summed E-state index contributed by atoms with van der Waals surface area (Å²) in [6, 6.07) is 4.21. The molecule has 0 spiro atoms. The minimum atomic E-state index is 1.04. The van der Waals surface area contributed by atoms with Gasteiger partial charge in [0.05, 0.1) is 5.69 Å². The van der Waals surface area contributed by atoms with Crippen molar-refractivity contribution in [2.75, 3.05) is 5.75 Å². The second-order valence-corrected chi connectivity index (χ2v) is 4.99. The van der Waals surface area contributed by atoms with Crippen molar-refractivity contribution >= 4 is 17.3 Å². The molecule has 1 rings (SSSR count). The number of pyridine rings is 1. The van der Waals surface area contributed by atoms with Crippen molar-refractivity contribution in [1.29, 1.82) is 0 Å². The number of rotatable bonds is 5. The van der Waals surface area contributed by atoms with Crippen LogP contribution in [0.1, 0.15) is 32.0 Å². The Labute approximate surface area is 103 Å². The molecule has 0 amide bonds. The molecule has 0 saturated carbocycles.